The van der Waals surface area contributed by atoms with Crippen molar-refractivity contribution in [3.05, 3.63) is 65.2 Å². The number of aliphatic hydroxyl groups excluding tert-OH is 1. The normalized spacial score (nSPS) is 17.0. The SMILES string of the molecule is CCCOc1ccc(/C(O)=C2\C(=O)C(=O)N(CCCN(CC)CC)C2c2ccc(OCCC)cc2)cc1. The van der Waals surface area contributed by atoms with Gasteiger partial charge in [-0.3, -0.25) is 9.59 Å². The fourth-order valence-corrected chi connectivity index (χ4v) is 4.51. The molecule has 0 radical (unpaired) electrons. The molecule has 1 aliphatic heterocycles. The Balaban J connectivity index is 1.97. The standard InChI is InChI=1S/C30H40N2O5/c1-5-20-36-24-14-10-22(11-15-24)27-26(28(33)23-12-16-25(17-13-23)37-21-6-2)29(34)30(35)32(27)19-9-18-31(7-3)8-4/h10-17,27,33H,5-9,18-21H2,1-4H3/b28-26+. The van der Waals surface area contributed by atoms with Crippen LogP contribution < -0.4 is 9.47 Å². The number of hydrogen-bond donors (Lipinski definition) is 1. The molecule has 3 rings (SSSR count). The third kappa shape index (κ3) is 6.92. The second kappa shape index (κ2) is 13.8. The lowest BCUT2D eigenvalue weighted by atomic mass is 9.95. The molecule has 1 amide bonds. The first-order chi connectivity index (χ1) is 17.9. The van der Waals surface area contributed by atoms with Gasteiger partial charge in [0.1, 0.15) is 17.3 Å². The molecule has 0 saturated carbocycles. The van der Waals surface area contributed by atoms with Crippen LogP contribution in [0.15, 0.2) is 54.1 Å². The van der Waals surface area contributed by atoms with Crippen molar-refractivity contribution in [2.24, 2.45) is 0 Å². The number of likely N-dealkylation sites (tertiary alicyclic amines) is 1. The van der Waals surface area contributed by atoms with Gasteiger partial charge in [0.15, 0.2) is 0 Å². The van der Waals surface area contributed by atoms with Crippen LogP contribution in [0.2, 0.25) is 0 Å². The predicted molar refractivity (Wildman–Crippen MR) is 146 cm³/mol. The van der Waals surface area contributed by atoms with Crippen LogP contribution >= 0.6 is 0 Å². The molecule has 7 heteroatoms. The Morgan fingerprint density at radius 3 is 1.92 bits per heavy atom. The highest BCUT2D eigenvalue weighted by Gasteiger charge is 2.45. The molecule has 37 heavy (non-hydrogen) atoms. The van der Waals surface area contributed by atoms with Crippen LogP contribution in [0, 0.1) is 0 Å². The largest absolute Gasteiger partial charge is 0.507 e. The van der Waals surface area contributed by atoms with E-state index in [9.17, 15) is 14.7 Å². The van der Waals surface area contributed by atoms with E-state index in [0.717, 1.165) is 50.2 Å². The Kier molecular flexibility index (Phi) is 10.6. The van der Waals surface area contributed by atoms with Crippen molar-refractivity contribution in [2.45, 2.75) is 53.0 Å². The quantitative estimate of drug-likeness (QED) is 0.209. The van der Waals surface area contributed by atoms with Gasteiger partial charge in [-0.2, -0.15) is 0 Å². The zero-order valence-corrected chi connectivity index (χ0v) is 22.5. The van der Waals surface area contributed by atoms with E-state index in [0.29, 0.717) is 31.1 Å². The van der Waals surface area contributed by atoms with Crippen LogP contribution in [0.4, 0.5) is 0 Å². The molecule has 1 heterocycles. The topological polar surface area (TPSA) is 79.3 Å². The molecule has 200 valence electrons. The van der Waals surface area contributed by atoms with Crippen molar-refractivity contribution in [3.8, 4) is 11.5 Å². The summed E-state index contributed by atoms with van der Waals surface area (Å²) < 4.78 is 11.4. The van der Waals surface area contributed by atoms with Crippen LogP contribution in [-0.2, 0) is 9.59 Å². The molecule has 1 aliphatic rings. The number of rotatable bonds is 14. The minimum atomic E-state index is -0.673. The van der Waals surface area contributed by atoms with Crippen molar-refractivity contribution in [3.63, 3.8) is 0 Å². The molecule has 0 spiro atoms. The third-order valence-corrected chi connectivity index (χ3v) is 6.58. The molecule has 1 unspecified atom stereocenters. The number of aliphatic hydroxyl groups is 1. The van der Waals surface area contributed by atoms with Gasteiger partial charge >= 0.3 is 0 Å². The maximum Gasteiger partial charge on any atom is 0.295 e. The van der Waals surface area contributed by atoms with E-state index in [4.69, 9.17) is 9.47 Å². The zero-order valence-electron chi connectivity index (χ0n) is 22.5. The van der Waals surface area contributed by atoms with E-state index in [1.165, 1.54) is 0 Å². The number of nitrogens with zero attached hydrogens (tertiary/aromatic N) is 2. The molecular weight excluding hydrogens is 468 g/mol. The number of hydrogen-bond acceptors (Lipinski definition) is 6. The maximum absolute atomic E-state index is 13.3. The number of amides is 1. The van der Waals surface area contributed by atoms with E-state index < -0.39 is 17.7 Å². The number of Topliss-reactive ketones (excluding diaryl/α,β-unsaturated/α-hetero) is 1. The van der Waals surface area contributed by atoms with Crippen LogP contribution in [0.25, 0.3) is 5.76 Å². The van der Waals surface area contributed by atoms with E-state index in [-0.39, 0.29) is 11.3 Å². The Hall–Kier alpha value is -3.32. The summed E-state index contributed by atoms with van der Waals surface area (Å²) in [6, 6.07) is 13.7. The molecule has 0 aliphatic carbocycles. The van der Waals surface area contributed by atoms with Crippen molar-refractivity contribution in [1.82, 2.24) is 9.80 Å². The van der Waals surface area contributed by atoms with E-state index in [2.05, 4.69) is 18.7 Å². The highest BCUT2D eigenvalue weighted by Crippen LogP contribution is 2.40. The van der Waals surface area contributed by atoms with Crippen LogP contribution in [0.1, 0.15) is 64.1 Å². The number of ether oxygens (including phenoxy) is 2. The maximum atomic E-state index is 13.3. The van der Waals surface area contributed by atoms with Gasteiger partial charge in [-0.05, 0) is 80.9 Å². The van der Waals surface area contributed by atoms with Crippen molar-refractivity contribution >= 4 is 17.4 Å². The predicted octanol–water partition coefficient (Wildman–Crippen LogP) is 5.42. The third-order valence-electron chi connectivity index (χ3n) is 6.58. The molecule has 1 N–H and O–H groups in total. The smallest absolute Gasteiger partial charge is 0.295 e. The lowest BCUT2D eigenvalue weighted by Crippen LogP contribution is -2.33. The van der Waals surface area contributed by atoms with Gasteiger partial charge in [0, 0.05) is 12.1 Å². The number of carbonyl (C=O) groups excluding carboxylic acids is 2. The lowest BCUT2D eigenvalue weighted by molar-refractivity contribution is -0.140. The Morgan fingerprint density at radius 1 is 0.865 bits per heavy atom. The van der Waals surface area contributed by atoms with Gasteiger partial charge in [-0.15, -0.1) is 0 Å². The molecule has 7 nitrogen and oxygen atoms in total. The Labute approximate surface area is 220 Å². The average Bonchev–Trinajstić information content (AvgIpc) is 3.18. The molecule has 1 atom stereocenters. The van der Waals surface area contributed by atoms with Gasteiger partial charge in [-0.25, -0.2) is 0 Å². The molecule has 2 aromatic rings. The zero-order chi connectivity index (χ0) is 26.8. The molecular formula is C30H40N2O5. The highest BCUT2D eigenvalue weighted by atomic mass is 16.5. The summed E-state index contributed by atoms with van der Waals surface area (Å²) in [5.74, 6) is -0.00701. The molecule has 1 saturated heterocycles. The van der Waals surface area contributed by atoms with Crippen LogP contribution in [-0.4, -0.2) is 66.0 Å². The van der Waals surface area contributed by atoms with Crippen molar-refractivity contribution < 1.29 is 24.2 Å². The first-order valence-corrected chi connectivity index (χ1v) is 13.4. The van der Waals surface area contributed by atoms with E-state index in [1.807, 2.05) is 38.1 Å². The number of carbonyl (C=O) groups is 2. The molecule has 0 bridgehead atoms. The highest BCUT2D eigenvalue weighted by molar-refractivity contribution is 6.46. The molecule has 0 aromatic heterocycles. The minimum Gasteiger partial charge on any atom is -0.507 e. The van der Waals surface area contributed by atoms with E-state index in [1.54, 1.807) is 29.2 Å². The van der Waals surface area contributed by atoms with Gasteiger partial charge in [0.2, 0.25) is 0 Å². The minimum absolute atomic E-state index is 0.109. The Morgan fingerprint density at radius 2 is 1.41 bits per heavy atom. The molecule has 2 aromatic carbocycles. The summed E-state index contributed by atoms with van der Waals surface area (Å²) >= 11 is 0. The summed E-state index contributed by atoms with van der Waals surface area (Å²) in [7, 11) is 0. The summed E-state index contributed by atoms with van der Waals surface area (Å²) in [5, 5.41) is 11.3. The number of ketones is 1. The fraction of sp³-hybridized carbons (Fsp3) is 0.467. The van der Waals surface area contributed by atoms with Gasteiger partial charge in [-0.1, -0.05) is 39.8 Å². The van der Waals surface area contributed by atoms with Gasteiger partial charge < -0.3 is 24.4 Å². The van der Waals surface area contributed by atoms with Crippen molar-refractivity contribution in [2.75, 3.05) is 39.4 Å². The van der Waals surface area contributed by atoms with Crippen molar-refractivity contribution in [1.29, 1.82) is 0 Å². The summed E-state index contributed by atoms with van der Waals surface area (Å²) in [4.78, 5) is 30.4. The second-order valence-electron chi connectivity index (χ2n) is 9.16. The monoisotopic (exact) mass is 508 g/mol. The lowest BCUT2D eigenvalue weighted by Gasteiger charge is -2.27. The first-order valence-electron chi connectivity index (χ1n) is 13.4. The number of benzene rings is 2. The van der Waals surface area contributed by atoms with E-state index >= 15 is 0 Å². The molecule has 1 fully saturated rings. The summed E-state index contributed by atoms with van der Waals surface area (Å²) in [6.07, 6.45) is 2.52. The first kappa shape index (κ1) is 28.3. The summed E-state index contributed by atoms with van der Waals surface area (Å²) in [5.41, 5.74) is 1.34. The van der Waals surface area contributed by atoms with Gasteiger partial charge in [0.05, 0.1) is 24.8 Å². The Bertz CT molecular complexity index is 1060. The fourth-order valence-electron chi connectivity index (χ4n) is 4.51. The second-order valence-corrected chi connectivity index (χ2v) is 9.16. The average molecular weight is 509 g/mol. The van der Waals surface area contributed by atoms with Gasteiger partial charge in [0.25, 0.3) is 11.7 Å². The van der Waals surface area contributed by atoms with Crippen LogP contribution in [0.3, 0.4) is 0 Å². The van der Waals surface area contributed by atoms with Crippen LogP contribution in [0.5, 0.6) is 11.5 Å². The summed E-state index contributed by atoms with van der Waals surface area (Å²) in [6.45, 7) is 12.6.